The third-order valence-corrected chi connectivity index (χ3v) is 2.46. The Balaban J connectivity index is 2.47. The molecule has 1 N–H and O–H groups in total. The molecule has 3 nitrogen and oxygen atoms in total. The summed E-state index contributed by atoms with van der Waals surface area (Å²) in [5.74, 6) is 5.91. The molecule has 102 valence electrons. The van der Waals surface area contributed by atoms with Crippen LogP contribution < -0.4 is 5.32 Å². The van der Waals surface area contributed by atoms with Crippen molar-refractivity contribution in [2.75, 3.05) is 6.54 Å². The number of nitrogens with one attached hydrogen (secondary N) is 1. The zero-order valence-corrected chi connectivity index (χ0v) is 12.3. The Labute approximate surface area is 115 Å². The van der Waals surface area contributed by atoms with Crippen molar-refractivity contribution in [2.45, 2.75) is 40.2 Å². The predicted octanol–water partition coefficient (Wildman–Crippen LogP) is 3.18. The van der Waals surface area contributed by atoms with Crippen LogP contribution in [0.5, 0.6) is 0 Å². The van der Waals surface area contributed by atoms with E-state index in [-0.39, 0.29) is 6.54 Å². The predicted molar refractivity (Wildman–Crippen MR) is 77.0 cm³/mol. The second kappa shape index (κ2) is 6.29. The molecule has 1 amide bonds. The fourth-order valence-corrected chi connectivity index (χ4v) is 1.40. The van der Waals surface area contributed by atoms with Crippen LogP contribution >= 0.6 is 0 Å². The van der Waals surface area contributed by atoms with Crippen LogP contribution in [0.15, 0.2) is 18.2 Å². The van der Waals surface area contributed by atoms with Gasteiger partial charge in [-0.1, -0.05) is 17.9 Å². The summed E-state index contributed by atoms with van der Waals surface area (Å²) >= 11 is 0. The van der Waals surface area contributed by atoms with Crippen LogP contribution in [0.25, 0.3) is 0 Å². The van der Waals surface area contributed by atoms with Crippen LogP contribution in [-0.4, -0.2) is 18.2 Å². The van der Waals surface area contributed by atoms with Gasteiger partial charge in [-0.15, -0.1) is 0 Å². The molecule has 0 fully saturated rings. The first-order valence-electron chi connectivity index (χ1n) is 6.31. The summed E-state index contributed by atoms with van der Waals surface area (Å²) in [7, 11) is 0. The Kier molecular flexibility index (Phi) is 5.00. The molecule has 0 aliphatic rings. The van der Waals surface area contributed by atoms with Gasteiger partial charge < -0.3 is 10.1 Å². The van der Waals surface area contributed by atoms with E-state index in [1.54, 1.807) is 0 Å². The molecule has 0 atom stereocenters. The molecule has 0 bridgehead atoms. The van der Waals surface area contributed by atoms with Crippen molar-refractivity contribution in [3.63, 3.8) is 0 Å². The summed E-state index contributed by atoms with van der Waals surface area (Å²) in [6.45, 7) is 9.88. The molecule has 1 rings (SSSR count). The van der Waals surface area contributed by atoms with Crippen LogP contribution in [0.1, 0.15) is 37.5 Å². The van der Waals surface area contributed by atoms with E-state index in [9.17, 15) is 4.79 Å². The van der Waals surface area contributed by atoms with Gasteiger partial charge in [0, 0.05) is 5.56 Å². The average molecular weight is 259 g/mol. The van der Waals surface area contributed by atoms with E-state index in [1.807, 2.05) is 39.0 Å². The number of carbonyl (C=O) groups is 1. The third kappa shape index (κ3) is 5.96. The van der Waals surface area contributed by atoms with Crippen molar-refractivity contribution in [1.29, 1.82) is 0 Å². The summed E-state index contributed by atoms with van der Waals surface area (Å²) in [6.07, 6.45) is -0.443. The van der Waals surface area contributed by atoms with Crippen LogP contribution in [0.4, 0.5) is 4.79 Å². The first-order valence-corrected chi connectivity index (χ1v) is 6.31. The van der Waals surface area contributed by atoms with Gasteiger partial charge >= 0.3 is 6.09 Å². The van der Waals surface area contributed by atoms with E-state index in [4.69, 9.17) is 4.74 Å². The maximum absolute atomic E-state index is 11.4. The van der Waals surface area contributed by atoms with Crippen molar-refractivity contribution >= 4 is 6.09 Å². The quantitative estimate of drug-likeness (QED) is 0.787. The van der Waals surface area contributed by atoms with Gasteiger partial charge in [0.1, 0.15) is 5.60 Å². The first kappa shape index (κ1) is 15.1. The van der Waals surface area contributed by atoms with E-state index in [1.165, 1.54) is 11.1 Å². The van der Waals surface area contributed by atoms with E-state index < -0.39 is 11.7 Å². The molecule has 0 saturated heterocycles. The molecule has 1 aromatic carbocycles. The topological polar surface area (TPSA) is 38.3 Å². The number of alkyl carbamates (subject to hydrolysis) is 1. The third-order valence-electron chi connectivity index (χ3n) is 2.46. The molecular formula is C16H21NO2. The molecule has 0 unspecified atom stereocenters. The van der Waals surface area contributed by atoms with E-state index in [0.717, 1.165) is 5.56 Å². The van der Waals surface area contributed by atoms with E-state index in [2.05, 4.69) is 31.0 Å². The summed E-state index contributed by atoms with van der Waals surface area (Å²) < 4.78 is 5.11. The van der Waals surface area contributed by atoms with Crippen molar-refractivity contribution in [3.05, 3.63) is 34.9 Å². The highest BCUT2D eigenvalue weighted by Crippen LogP contribution is 2.08. The van der Waals surface area contributed by atoms with Crippen molar-refractivity contribution in [2.24, 2.45) is 0 Å². The lowest BCUT2D eigenvalue weighted by molar-refractivity contribution is 0.0535. The number of aryl methyl sites for hydroxylation is 2. The Morgan fingerprint density at radius 1 is 1.26 bits per heavy atom. The first-order chi connectivity index (χ1) is 8.78. The maximum atomic E-state index is 11.4. The van der Waals surface area contributed by atoms with E-state index >= 15 is 0 Å². The molecule has 1 aromatic rings. The Morgan fingerprint density at radius 2 is 1.95 bits per heavy atom. The molecule has 0 saturated carbocycles. The largest absolute Gasteiger partial charge is 0.444 e. The second-order valence-electron chi connectivity index (χ2n) is 5.46. The molecular weight excluding hydrogens is 238 g/mol. The zero-order chi connectivity index (χ0) is 14.5. The van der Waals surface area contributed by atoms with Gasteiger partial charge in [0.05, 0.1) is 6.54 Å². The van der Waals surface area contributed by atoms with E-state index in [0.29, 0.717) is 0 Å². The second-order valence-corrected chi connectivity index (χ2v) is 5.46. The number of rotatable bonds is 1. The monoisotopic (exact) mass is 259 g/mol. The van der Waals surface area contributed by atoms with Gasteiger partial charge in [0.25, 0.3) is 0 Å². The number of carbonyl (C=O) groups excluding carboxylic acids is 1. The van der Waals surface area contributed by atoms with Gasteiger partial charge in [-0.25, -0.2) is 4.79 Å². The van der Waals surface area contributed by atoms with Gasteiger partial charge in [-0.05, 0) is 57.9 Å². The van der Waals surface area contributed by atoms with Gasteiger partial charge in [-0.3, -0.25) is 0 Å². The highest BCUT2D eigenvalue weighted by atomic mass is 16.6. The lowest BCUT2D eigenvalue weighted by atomic mass is 10.1. The number of ether oxygens (including phenoxy) is 1. The minimum atomic E-state index is -0.481. The maximum Gasteiger partial charge on any atom is 0.408 e. The van der Waals surface area contributed by atoms with Crippen molar-refractivity contribution in [3.8, 4) is 11.8 Å². The molecule has 0 aliphatic carbocycles. The van der Waals surface area contributed by atoms with Crippen molar-refractivity contribution in [1.82, 2.24) is 5.32 Å². The molecule has 0 aromatic heterocycles. The van der Waals surface area contributed by atoms with Crippen LogP contribution in [0.2, 0.25) is 0 Å². The van der Waals surface area contributed by atoms with Crippen LogP contribution in [0.3, 0.4) is 0 Å². The Hall–Kier alpha value is -1.95. The average Bonchev–Trinajstić information content (AvgIpc) is 2.27. The highest BCUT2D eigenvalue weighted by Gasteiger charge is 2.14. The SMILES string of the molecule is Cc1ccc(C#CCNC(=O)OC(C)(C)C)cc1C. The Morgan fingerprint density at radius 3 is 2.53 bits per heavy atom. The molecule has 19 heavy (non-hydrogen) atoms. The minimum absolute atomic E-state index is 0.280. The summed E-state index contributed by atoms with van der Waals surface area (Å²) in [5, 5.41) is 2.60. The molecule has 3 heteroatoms. The highest BCUT2D eigenvalue weighted by molar-refractivity contribution is 5.68. The zero-order valence-electron chi connectivity index (χ0n) is 12.3. The Bertz CT molecular complexity index is 516. The minimum Gasteiger partial charge on any atom is -0.444 e. The standard InChI is InChI=1S/C16H21NO2/c1-12-8-9-14(11-13(12)2)7-6-10-17-15(18)19-16(3,4)5/h8-9,11H,10H2,1-5H3,(H,17,18). The molecule has 0 spiro atoms. The van der Waals surface area contributed by atoms with Gasteiger partial charge in [0.15, 0.2) is 0 Å². The molecule has 0 heterocycles. The summed E-state index contributed by atoms with van der Waals surface area (Å²) in [6, 6.07) is 6.05. The number of hydrogen-bond donors (Lipinski definition) is 1. The lowest BCUT2D eigenvalue weighted by Crippen LogP contribution is -2.32. The number of hydrogen-bond acceptors (Lipinski definition) is 2. The normalized spacial score (nSPS) is 10.4. The lowest BCUT2D eigenvalue weighted by Gasteiger charge is -2.18. The van der Waals surface area contributed by atoms with Crippen molar-refractivity contribution < 1.29 is 9.53 Å². The molecule has 0 aliphatic heterocycles. The number of amides is 1. The molecule has 0 radical (unpaired) electrons. The van der Waals surface area contributed by atoms with Crippen LogP contribution in [0, 0.1) is 25.7 Å². The number of benzene rings is 1. The fraction of sp³-hybridized carbons (Fsp3) is 0.438. The summed E-state index contributed by atoms with van der Waals surface area (Å²) in [4.78, 5) is 11.4. The fourth-order valence-electron chi connectivity index (χ4n) is 1.40. The summed E-state index contributed by atoms with van der Waals surface area (Å²) in [5.41, 5.74) is 2.93. The van der Waals surface area contributed by atoms with Gasteiger partial charge in [-0.2, -0.15) is 0 Å². The van der Waals surface area contributed by atoms with Crippen LogP contribution in [-0.2, 0) is 4.74 Å². The van der Waals surface area contributed by atoms with Gasteiger partial charge in [0.2, 0.25) is 0 Å². The smallest absolute Gasteiger partial charge is 0.408 e.